The van der Waals surface area contributed by atoms with E-state index in [1.165, 1.54) is 11.1 Å². The number of fused-ring (bicyclic) bond motifs is 1. The SMILES string of the molecule is NC1Cc2ccc(-c3ccc(Cl)cc3Cl)cc2C1. The summed E-state index contributed by atoms with van der Waals surface area (Å²) in [6.07, 6.45) is 1.93. The van der Waals surface area contributed by atoms with Crippen LogP contribution in [-0.2, 0) is 12.8 Å². The van der Waals surface area contributed by atoms with Crippen molar-refractivity contribution >= 4 is 23.2 Å². The summed E-state index contributed by atoms with van der Waals surface area (Å²) in [5, 5.41) is 1.34. The zero-order valence-electron chi connectivity index (χ0n) is 9.79. The van der Waals surface area contributed by atoms with Gasteiger partial charge in [0, 0.05) is 21.7 Å². The first-order valence-corrected chi connectivity index (χ1v) is 6.72. The summed E-state index contributed by atoms with van der Waals surface area (Å²) in [5.41, 5.74) is 10.8. The van der Waals surface area contributed by atoms with Gasteiger partial charge in [-0.15, -0.1) is 0 Å². The Morgan fingerprint density at radius 2 is 1.72 bits per heavy atom. The maximum Gasteiger partial charge on any atom is 0.0499 e. The van der Waals surface area contributed by atoms with E-state index >= 15 is 0 Å². The van der Waals surface area contributed by atoms with E-state index in [-0.39, 0.29) is 6.04 Å². The quantitative estimate of drug-likeness (QED) is 0.835. The summed E-state index contributed by atoms with van der Waals surface area (Å²) in [6.45, 7) is 0. The molecule has 0 saturated heterocycles. The Hall–Kier alpha value is -1.02. The molecule has 0 spiro atoms. The molecule has 0 bridgehead atoms. The molecule has 2 aromatic rings. The number of nitrogens with two attached hydrogens (primary N) is 1. The first-order valence-electron chi connectivity index (χ1n) is 5.96. The van der Waals surface area contributed by atoms with Crippen LogP contribution in [0, 0.1) is 0 Å². The molecule has 0 heterocycles. The minimum atomic E-state index is 0.260. The predicted octanol–water partition coefficient (Wildman–Crippen LogP) is 4.09. The summed E-state index contributed by atoms with van der Waals surface area (Å²) < 4.78 is 0. The third kappa shape index (κ3) is 2.14. The topological polar surface area (TPSA) is 26.0 Å². The largest absolute Gasteiger partial charge is 0.327 e. The molecule has 2 N–H and O–H groups in total. The Kier molecular flexibility index (Phi) is 3.06. The molecule has 1 aliphatic carbocycles. The second-order valence-electron chi connectivity index (χ2n) is 4.78. The van der Waals surface area contributed by atoms with Crippen LogP contribution >= 0.6 is 23.2 Å². The van der Waals surface area contributed by atoms with Crippen LogP contribution in [0.5, 0.6) is 0 Å². The zero-order valence-corrected chi connectivity index (χ0v) is 11.3. The van der Waals surface area contributed by atoms with Crippen LogP contribution < -0.4 is 5.73 Å². The summed E-state index contributed by atoms with van der Waals surface area (Å²) in [4.78, 5) is 0. The van der Waals surface area contributed by atoms with Gasteiger partial charge in [-0.1, -0.05) is 47.5 Å². The van der Waals surface area contributed by atoms with Crippen molar-refractivity contribution in [1.29, 1.82) is 0 Å². The van der Waals surface area contributed by atoms with Crippen LogP contribution in [0.15, 0.2) is 36.4 Å². The first-order chi connectivity index (χ1) is 8.63. The van der Waals surface area contributed by atoms with Crippen molar-refractivity contribution in [3.8, 4) is 11.1 Å². The minimum absolute atomic E-state index is 0.260. The van der Waals surface area contributed by atoms with Gasteiger partial charge < -0.3 is 5.73 Å². The molecule has 1 atom stereocenters. The summed E-state index contributed by atoms with van der Waals surface area (Å²) >= 11 is 12.2. The molecule has 0 aromatic heterocycles. The Bertz CT molecular complexity index is 607. The fraction of sp³-hybridized carbons (Fsp3) is 0.200. The lowest BCUT2D eigenvalue weighted by atomic mass is 10.0. The van der Waals surface area contributed by atoms with E-state index < -0.39 is 0 Å². The summed E-state index contributed by atoms with van der Waals surface area (Å²) in [7, 11) is 0. The van der Waals surface area contributed by atoms with Gasteiger partial charge in [-0.25, -0.2) is 0 Å². The Morgan fingerprint density at radius 1 is 0.944 bits per heavy atom. The highest BCUT2D eigenvalue weighted by molar-refractivity contribution is 6.36. The molecule has 0 saturated carbocycles. The molecule has 2 aromatic carbocycles. The highest BCUT2D eigenvalue weighted by Gasteiger charge is 2.18. The molecule has 1 unspecified atom stereocenters. The highest BCUT2D eigenvalue weighted by atomic mass is 35.5. The molecule has 1 nitrogen and oxygen atoms in total. The number of halogens is 2. The van der Waals surface area contributed by atoms with Crippen LogP contribution in [0.4, 0.5) is 0 Å². The predicted molar refractivity (Wildman–Crippen MR) is 77.3 cm³/mol. The molecular formula is C15H13Cl2N. The second-order valence-corrected chi connectivity index (χ2v) is 5.62. The van der Waals surface area contributed by atoms with Gasteiger partial charge in [-0.2, -0.15) is 0 Å². The van der Waals surface area contributed by atoms with Crippen LogP contribution in [0.2, 0.25) is 10.0 Å². The molecule has 0 fully saturated rings. The normalized spacial score (nSPS) is 17.8. The Labute approximate surface area is 117 Å². The lowest BCUT2D eigenvalue weighted by molar-refractivity contribution is 0.721. The zero-order chi connectivity index (χ0) is 12.7. The average Bonchev–Trinajstić information content (AvgIpc) is 2.68. The summed E-state index contributed by atoms with van der Waals surface area (Å²) in [6, 6.07) is 12.3. The lowest BCUT2D eigenvalue weighted by Crippen LogP contribution is -2.18. The van der Waals surface area contributed by atoms with Crippen LogP contribution in [-0.4, -0.2) is 6.04 Å². The third-order valence-electron chi connectivity index (χ3n) is 3.41. The Morgan fingerprint density at radius 3 is 2.50 bits per heavy atom. The van der Waals surface area contributed by atoms with Gasteiger partial charge in [0.2, 0.25) is 0 Å². The molecule has 3 rings (SSSR count). The maximum absolute atomic E-state index is 6.23. The smallest absolute Gasteiger partial charge is 0.0499 e. The van der Waals surface area contributed by atoms with Crippen molar-refractivity contribution in [3.05, 3.63) is 57.6 Å². The van der Waals surface area contributed by atoms with Gasteiger partial charge in [0.1, 0.15) is 0 Å². The number of rotatable bonds is 1. The first kappa shape index (κ1) is 12.0. The lowest BCUT2D eigenvalue weighted by Gasteiger charge is -2.07. The standard InChI is InChI=1S/C15H13Cl2N/c16-12-3-4-14(15(17)8-12)10-2-1-9-6-13(18)7-11(9)5-10/h1-5,8,13H,6-7,18H2. The number of benzene rings is 2. The van der Waals surface area contributed by atoms with Crippen LogP contribution in [0.3, 0.4) is 0 Å². The van der Waals surface area contributed by atoms with E-state index in [1.54, 1.807) is 6.07 Å². The average molecular weight is 278 g/mol. The van der Waals surface area contributed by atoms with Crippen molar-refractivity contribution in [1.82, 2.24) is 0 Å². The molecule has 0 radical (unpaired) electrons. The van der Waals surface area contributed by atoms with Crippen molar-refractivity contribution in [2.45, 2.75) is 18.9 Å². The third-order valence-corrected chi connectivity index (χ3v) is 3.96. The molecule has 18 heavy (non-hydrogen) atoms. The van der Waals surface area contributed by atoms with Gasteiger partial charge in [-0.05, 0) is 41.7 Å². The Balaban J connectivity index is 2.05. The van der Waals surface area contributed by atoms with Gasteiger partial charge in [0.15, 0.2) is 0 Å². The van der Waals surface area contributed by atoms with E-state index in [9.17, 15) is 0 Å². The van der Waals surface area contributed by atoms with E-state index in [1.807, 2.05) is 12.1 Å². The molecule has 3 heteroatoms. The fourth-order valence-corrected chi connectivity index (χ4v) is 3.06. The molecule has 0 amide bonds. The van der Waals surface area contributed by atoms with Gasteiger partial charge >= 0.3 is 0 Å². The molecular weight excluding hydrogens is 265 g/mol. The van der Waals surface area contributed by atoms with E-state index in [2.05, 4.69) is 18.2 Å². The van der Waals surface area contributed by atoms with Gasteiger partial charge in [0.25, 0.3) is 0 Å². The fourth-order valence-electron chi connectivity index (χ4n) is 2.54. The molecule has 0 aliphatic heterocycles. The van der Waals surface area contributed by atoms with E-state index in [0.29, 0.717) is 10.0 Å². The highest BCUT2D eigenvalue weighted by Crippen LogP contribution is 2.33. The summed E-state index contributed by atoms with van der Waals surface area (Å²) in [5.74, 6) is 0. The molecule has 92 valence electrons. The monoisotopic (exact) mass is 277 g/mol. The second kappa shape index (κ2) is 4.58. The van der Waals surface area contributed by atoms with Crippen molar-refractivity contribution in [2.75, 3.05) is 0 Å². The maximum atomic E-state index is 6.23. The van der Waals surface area contributed by atoms with Gasteiger partial charge in [-0.3, -0.25) is 0 Å². The minimum Gasteiger partial charge on any atom is -0.327 e. The van der Waals surface area contributed by atoms with Gasteiger partial charge in [0.05, 0.1) is 0 Å². The van der Waals surface area contributed by atoms with E-state index in [4.69, 9.17) is 28.9 Å². The van der Waals surface area contributed by atoms with Crippen LogP contribution in [0.1, 0.15) is 11.1 Å². The van der Waals surface area contributed by atoms with Crippen molar-refractivity contribution in [2.24, 2.45) is 5.73 Å². The number of hydrogen-bond donors (Lipinski definition) is 1. The van der Waals surface area contributed by atoms with Crippen molar-refractivity contribution in [3.63, 3.8) is 0 Å². The van der Waals surface area contributed by atoms with Crippen molar-refractivity contribution < 1.29 is 0 Å². The molecule has 1 aliphatic rings. The van der Waals surface area contributed by atoms with Crippen LogP contribution in [0.25, 0.3) is 11.1 Å². The van der Waals surface area contributed by atoms with E-state index in [0.717, 1.165) is 24.0 Å². The number of hydrogen-bond acceptors (Lipinski definition) is 1.